The molecular weight excluding hydrogens is 739 g/mol. The first-order chi connectivity index (χ1) is 26.4. The van der Waals surface area contributed by atoms with Gasteiger partial charge < -0.3 is 29.7 Å². The highest BCUT2D eigenvalue weighted by molar-refractivity contribution is 7.91. The minimum absolute atomic E-state index is 0.0277. The number of carbonyl (C=O) groups excluding carboxylic acids is 4. The van der Waals surface area contributed by atoms with Gasteiger partial charge in [-0.3, -0.25) is 19.1 Å². The fourth-order valence-electron chi connectivity index (χ4n) is 8.26. The van der Waals surface area contributed by atoms with Crippen LogP contribution in [0.4, 0.5) is 4.79 Å². The molecule has 1 aliphatic heterocycles. The quantitative estimate of drug-likeness (QED) is 0.237. The lowest BCUT2D eigenvalue weighted by Crippen LogP contribution is -2.60. The van der Waals surface area contributed by atoms with Gasteiger partial charge in [0.25, 0.3) is 5.91 Å². The molecule has 1 aromatic carbocycles. The molecule has 3 N–H and O–H groups in total. The van der Waals surface area contributed by atoms with Gasteiger partial charge in [0.15, 0.2) is 0 Å². The lowest BCUT2D eigenvalue weighted by atomic mass is 9.75. The van der Waals surface area contributed by atoms with E-state index in [-0.39, 0.29) is 31.4 Å². The summed E-state index contributed by atoms with van der Waals surface area (Å²) in [6.45, 7) is 15.6. The molecule has 2 aromatic rings. The number of sulfonamides is 1. The number of aromatic nitrogens is 1. The van der Waals surface area contributed by atoms with E-state index >= 15 is 0 Å². The lowest BCUT2D eigenvalue weighted by molar-refractivity contribution is -0.143. The van der Waals surface area contributed by atoms with Crippen LogP contribution in [-0.4, -0.2) is 90.9 Å². The number of benzene rings is 1. The van der Waals surface area contributed by atoms with Crippen LogP contribution < -0.4 is 24.8 Å². The molecule has 1 saturated heterocycles. The molecule has 306 valence electrons. The van der Waals surface area contributed by atoms with Crippen LogP contribution in [0, 0.1) is 29.1 Å². The molecule has 15 heteroatoms. The first-order valence-electron chi connectivity index (χ1n) is 19.7. The third kappa shape index (κ3) is 8.77. The second kappa shape index (κ2) is 15.9. The smallest absolute Gasteiger partial charge is 0.408 e. The molecule has 8 atom stereocenters. The molecule has 4 amide bonds. The first kappa shape index (κ1) is 41.2. The third-order valence-electron chi connectivity index (χ3n) is 11.9. The molecule has 56 heavy (non-hydrogen) atoms. The predicted octanol–water partition coefficient (Wildman–Crippen LogP) is 4.86. The zero-order valence-corrected chi connectivity index (χ0v) is 34.3. The Morgan fingerprint density at radius 2 is 1.80 bits per heavy atom. The zero-order valence-electron chi connectivity index (χ0n) is 33.5. The van der Waals surface area contributed by atoms with Crippen molar-refractivity contribution in [2.75, 3.05) is 13.7 Å². The fraction of sp³-hybridized carbons (Fsp3) is 0.634. The van der Waals surface area contributed by atoms with Crippen molar-refractivity contribution in [3.8, 4) is 11.6 Å². The van der Waals surface area contributed by atoms with E-state index in [2.05, 4.69) is 47.7 Å². The number of likely N-dealkylation sites (tertiary alicyclic amines) is 1. The minimum Gasteiger partial charge on any atom is -0.497 e. The number of nitrogens with one attached hydrogen (secondary N) is 3. The average Bonchev–Trinajstić information content (AvgIpc) is 4.06. The topological polar surface area (TPSA) is 182 Å². The molecule has 4 fully saturated rings. The SMILES string of the molecule is C=C[C@@H]1CC1(NC(=O)[C@@H]1C[C@@H](Oc2nccc3cc(OC)ccc23)CN1C(=O)[C@@H](NC(=O)O[C@H]1C[C@@H](C)CC[C@@H]1C(C)C)C(C)(C)C)C(=O)NS(=O)(=O)C1CC1. The first-order valence-corrected chi connectivity index (χ1v) is 21.3. The largest absolute Gasteiger partial charge is 0.497 e. The second-order valence-electron chi connectivity index (χ2n) is 17.6. The normalized spacial score (nSPS) is 28.2. The molecule has 0 spiro atoms. The Hall–Kier alpha value is -4.40. The standard InChI is InChI=1S/C41H57N5O9S/c1-9-26-21-41(26,38(49)45-56(51,52)29-12-13-29)44-35(47)32-20-28(54-36-31-15-11-27(53-8)19-25(31)16-17-42-36)22-46(32)37(48)34(40(5,6)7)43-39(50)55-33-18-24(4)10-14-30(33)23(2)3/h9,11,15-17,19,23-24,26,28-30,32-34H,1,10,12-14,18,20-22H2,2-8H3,(H,43,50)(H,44,47)(H,45,49)/t24-,26+,28+,30+,32-,33-,34+,41?/m0/s1. The number of fused-ring (bicyclic) bond motifs is 1. The van der Waals surface area contributed by atoms with Gasteiger partial charge in [0.05, 0.1) is 18.9 Å². The Kier molecular flexibility index (Phi) is 11.7. The van der Waals surface area contributed by atoms with Gasteiger partial charge in [0.2, 0.25) is 27.7 Å². The number of carbonyl (C=O) groups is 4. The molecule has 1 aromatic heterocycles. The van der Waals surface area contributed by atoms with Gasteiger partial charge >= 0.3 is 6.09 Å². The molecular formula is C41H57N5O9S. The Morgan fingerprint density at radius 1 is 1.07 bits per heavy atom. The van der Waals surface area contributed by atoms with Crippen LogP contribution in [0.3, 0.4) is 0 Å². The summed E-state index contributed by atoms with van der Waals surface area (Å²) in [4.78, 5) is 62.2. The molecule has 0 bridgehead atoms. The molecule has 14 nitrogen and oxygen atoms in total. The molecule has 2 heterocycles. The highest BCUT2D eigenvalue weighted by Crippen LogP contribution is 2.46. The Labute approximate surface area is 329 Å². The van der Waals surface area contributed by atoms with Gasteiger partial charge in [-0.1, -0.05) is 54.0 Å². The average molecular weight is 796 g/mol. The highest BCUT2D eigenvalue weighted by Gasteiger charge is 2.62. The van der Waals surface area contributed by atoms with E-state index in [1.54, 1.807) is 19.4 Å². The summed E-state index contributed by atoms with van der Waals surface area (Å²) in [6.07, 6.45) is 5.22. The summed E-state index contributed by atoms with van der Waals surface area (Å²) < 4.78 is 45.5. The summed E-state index contributed by atoms with van der Waals surface area (Å²) in [5.41, 5.74) is -2.37. The van der Waals surface area contributed by atoms with Crippen LogP contribution in [0.25, 0.3) is 10.8 Å². The van der Waals surface area contributed by atoms with Crippen molar-refractivity contribution in [2.45, 2.75) is 122 Å². The maximum atomic E-state index is 14.8. The van der Waals surface area contributed by atoms with Crippen LogP contribution in [-0.2, 0) is 29.1 Å². The summed E-state index contributed by atoms with van der Waals surface area (Å²) in [5, 5.41) is 6.55. The number of nitrogens with zero attached hydrogens (tertiary/aromatic N) is 2. The van der Waals surface area contributed by atoms with Crippen molar-refractivity contribution < 1.29 is 41.8 Å². The number of rotatable bonds is 13. The molecule has 3 aliphatic carbocycles. The van der Waals surface area contributed by atoms with E-state index in [1.807, 2.05) is 39.0 Å². The summed E-state index contributed by atoms with van der Waals surface area (Å²) >= 11 is 0. The Balaban J connectivity index is 1.27. The lowest BCUT2D eigenvalue weighted by Gasteiger charge is -2.38. The van der Waals surface area contributed by atoms with Crippen LogP contribution in [0.1, 0.15) is 86.5 Å². The maximum absolute atomic E-state index is 14.8. The number of hydrogen-bond acceptors (Lipinski definition) is 10. The minimum atomic E-state index is -3.90. The van der Waals surface area contributed by atoms with Gasteiger partial charge in [-0.05, 0) is 84.9 Å². The van der Waals surface area contributed by atoms with Gasteiger partial charge in [-0.2, -0.15) is 0 Å². The Bertz CT molecular complexity index is 1960. The molecule has 4 aliphatic rings. The Morgan fingerprint density at radius 3 is 2.43 bits per heavy atom. The fourth-order valence-corrected chi connectivity index (χ4v) is 9.62. The number of hydrogen-bond donors (Lipinski definition) is 3. The van der Waals surface area contributed by atoms with Gasteiger partial charge in [0, 0.05) is 23.9 Å². The van der Waals surface area contributed by atoms with Crippen molar-refractivity contribution in [2.24, 2.45) is 29.1 Å². The number of amides is 4. The summed E-state index contributed by atoms with van der Waals surface area (Å²) in [7, 11) is -2.33. The van der Waals surface area contributed by atoms with Crippen LogP contribution >= 0.6 is 0 Å². The van der Waals surface area contributed by atoms with Crippen LogP contribution in [0.15, 0.2) is 43.1 Å². The third-order valence-corrected chi connectivity index (χ3v) is 13.7. The van der Waals surface area contributed by atoms with Crippen molar-refractivity contribution in [1.29, 1.82) is 0 Å². The van der Waals surface area contributed by atoms with Gasteiger partial charge in [0.1, 0.15) is 35.6 Å². The van der Waals surface area contributed by atoms with E-state index < -0.39 is 74.1 Å². The molecule has 0 radical (unpaired) electrons. The number of methoxy groups -OCH3 is 1. The van der Waals surface area contributed by atoms with Crippen LogP contribution in [0.2, 0.25) is 0 Å². The van der Waals surface area contributed by atoms with Crippen molar-refractivity contribution in [1.82, 2.24) is 25.2 Å². The summed E-state index contributed by atoms with van der Waals surface area (Å²) in [6, 6.07) is 5.02. The molecule has 6 rings (SSSR count). The predicted molar refractivity (Wildman–Crippen MR) is 210 cm³/mol. The molecule has 1 unspecified atom stereocenters. The van der Waals surface area contributed by atoms with E-state index in [0.29, 0.717) is 41.7 Å². The van der Waals surface area contributed by atoms with E-state index in [0.717, 1.165) is 24.6 Å². The van der Waals surface area contributed by atoms with E-state index in [1.165, 1.54) is 11.0 Å². The van der Waals surface area contributed by atoms with Gasteiger partial charge in [-0.25, -0.2) is 18.2 Å². The number of pyridine rings is 1. The number of alkyl carbamates (subject to hydrolysis) is 1. The second-order valence-corrected chi connectivity index (χ2v) is 19.5. The maximum Gasteiger partial charge on any atom is 0.408 e. The number of ether oxygens (including phenoxy) is 3. The monoisotopic (exact) mass is 795 g/mol. The van der Waals surface area contributed by atoms with E-state index in [9.17, 15) is 27.6 Å². The molecule has 3 saturated carbocycles. The highest BCUT2D eigenvalue weighted by atomic mass is 32.2. The van der Waals surface area contributed by atoms with E-state index in [4.69, 9.17) is 14.2 Å². The summed E-state index contributed by atoms with van der Waals surface area (Å²) in [5.74, 6) is -0.689. The van der Waals surface area contributed by atoms with Crippen LogP contribution in [0.5, 0.6) is 11.6 Å². The van der Waals surface area contributed by atoms with Gasteiger partial charge in [-0.15, -0.1) is 6.58 Å². The zero-order chi connectivity index (χ0) is 40.7. The van der Waals surface area contributed by atoms with Crippen molar-refractivity contribution in [3.05, 3.63) is 43.1 Å². The van der Waals surface area contributed by atoms with Crippen molar-refractivity contribution >= 4 is 44.6 Å². The van der Waals surface area contributed by atoms with Crippen molar-refractivity contribution in [3.63, 3.8) is 0 Å².